The van der Waals surface area contributed by atoms with Crippen LogP contribution in [0.15, 0.2) is 35.1 Å². The van der Waals surface area contributed by atoms with E-state index < -0.39 is 0 Å². The minimum atomic E-state index is -0.124. The summed E-state index contributed by atoms with van der Waals surface area (Å²) in [5, 5.41) is 0. The SMILES string of the molecule is COc1cc(N)cc(-c2cc(C)[nH]c(=O)c2)c1. The Morgan fingerprint density at radius 1 is 1.12 bits per heavy atom. The number of aromatic amines is 1. The van der Waals surface area contributed by atoms with Crippen LogP contribution in [0.4, 0.5) is 5.69 Å². The average Bonchev–Trinajstić information content (AvgIpc) is 2.26. The maximum Gasteiger partial charge on any atom is 0.248 e. The predicted octanol–water partition coefficient (Wildman–Crippen LogP) is 1.94. The van der Waals surface area contributed by atoms with Crippen molar-refractivity contribution in [2.75, 3.05) is 12.8 Å². The number of hydrogen-bond donors (Lipinski definition) is 2. The highest BCUT2D eigenvalue weighted by Gasteiger charge is 2.03. The lowest BCUT2D eigenvalue weighted by Gasteiger charge is -2.07. The number of pyridine rings is 1. The summed E-state index contributed by atoms with van der Waals surface area (Å²) >= 11 is 0. The molecule has 0 saturated heterocycles. The fourth-order valence-electron chi connectivity index (χ4n) is 1.76. The van der Waals surface area contributed by atoms with Crippen LogP contribution < -0.4 is 16.0 Å². The molecule has 0 spiro atoms. The van der Waals surface area contributed by atoms with E-state index >= 15 is 0 Å². The Morgan fingerprint density at radius 3 is 2.47 bits per heavy atom. The van der Waals surface area contributed by atoms with E-state index in [2.05, 4.69) is 4.98 Å². The lowest BCUT2D eigenvalue weighted by molar-refractivity contribution is 0.415. The molecule has 4 heteroatoms. The molecule has 1 aromatic heterocycles. The molecule has 4 nitrogen and oxygen atoms in total. The van der Waals surface area contributed by atoms with E-state index in [4.69, 9.17) is 10.5 Å². The molecule has 0 bridgehead atoms. The number of nitrogens with one attached hydrogen (secondary N) is 1. The first kappa shape index (κ1) is 11.3. The summed E-state index contributed by atoms with van der Waals surface area (Å²) < 4.78 is 5.15. The third kappa shape index (κ3) is 2.47. The summed E-state index contributed by atoms with van der Waals surface area (Å²) in [5.74, 6) is 0.679. The molecule has 0 aliphatic carbocycles. The zero-order valence-electron chi connectivity index (χ0n) is 9.78. The van der Waals surface area contributed by atoms with Gasteiger partial charge in [-0.15, -0.1) is 0 Å². The second kappa shape index (κ2) is 4.33. The van der Waals surface area contributed by atoms with Crippen molar-refractivity contribution in [2.45, 2.75) is 6.92 Å². The molecule has 0 atom stereocenters. The first-order chi connectivity index (χ1) is 8.08. The Hall–Kier alpha value is -2.23. The summed E-state index contributed by atoms with van der Waals surface area (Å²) in [6, 6.07) is 8.85. The Morgan fingerprint density at radius 2 is 1.82 bits per heavy atom. The molecular weight excluding hydrogens is 216 g/mol. The van der Waals surface area contributed by atoms with E-state index in [1.54, 1.807) is 19.2 Å². The maximum atomic E-state index is 11.4. The Balaban J connectivity index is 2.59. The summed E-state index contributed by atoms with van der Waals surface area (Å²) in [6.07, 6.45) is 0. The quantitative estimate of drug-likeness (QED) is 0.775. The number of nitrogen functional groups attached to an aromatic ring is 1. The van der Waals surface area contributed by atoms with E-state index in [0.29, 0.717) is 11.4 Å². The second-order valence-electron chi connectivity index (χ2n) is 3.91. The van der Waals surface area contributed by atoms with Crippen molar-refractivity contribution in [1.29, 1.82) is 0 Å². The van der Waals surface area contributed by atoms with Gasteiger partial charge in [0.2, 0.25) is 5.56 Å². The standard InChI is InChI=1S/C13H14N2O2/c1-8-3-9(6-13(16)15-8)10-4-11(14)7-12(5-10)17-2/h3-7H,14H2,1-2H3,(H,15,16). The number of anilines is 1. The van der Waals surface area contributed by atoms with Gasteiger partial charge < -0.3 is 15.5 Å². The molecule has 3 N–H and O–H groups in total. The van der Waals surface area contributed by atoms with Crippen molar-refractivity contribution >= 4 is 5.69 Å². The Bertz CT molecular complexity index is 603. The van der Waals surface area contributed by atoms with E-state index in [0.717, 1.165) is 16.8 Å². The van der Waals surface area contributed by atoms with Crippen LogP contribution in [0, 0.1) is 6.92 Å². The molecule has 0 aliphatic heterocycles. The van der Waals surface area contributed by atoms with Crippen molar-refractivity contribution in [3.63, 3.8) is 0 Å². The monoisotopic (exact) mass is 230 g/mol. The van der Waals surface area contributed by atoms with Gasteiger partial charge >= 0.3 is 0 Å². The third-order valence-electron chi connectivity index (χ3n) is 2.48. The first-order valence-corrected chi connectivity index (χ1v) is 5.24. The highest BCUT2D eigenvalue weighted by atomic mass is 16.5. The highest BCUT2D eigenvalue weighted by molar-refractivity contribution is 5.69. The second-order valence-corrected chi connectivity index (χ2v) is 3.91. The first-order valence-electron chi connectivity index (χ1n) is 5.24. The molecule has 0 saturated carbocycles. The number of H-pyrrole nitrogens is 1. The molecule has 88 valence electrons. The van der Waals surface area contributed by atoms with Gasteiger partial charge in [-0.3, -0.25) is 4.79 Å². The maximum absolute atomic E-state index is 11.4. The summed E-state index contributed by atoms with van der Waals surface area (Å²) in [7, 11) is 1.58. The number of nitrogens with two attached hydrogens (primary N) is 1. The summed E-state index contributed by atoms with van der Waals surface area (Å²) in [4.78, 5) is 14.1. The van der Waals surface area contributed by atoms with Crippen LogP contribution in [-0.4, -0.2) is 12.1 Å². The van der Waals surface area contributed by atoms with Gasteiger partial charge in [-0.2, -0.15) is 0 Å². The lowest BCUT2D eigenvalue weighted by Crippen LogP contribution is -2.05. The third-order valence-corrected chi connectivity index (χ3v) is 2.48. The zero-order chi connectivity index (χ0) is 12.4. The topological polar surface area (TPSA) is 68.1 Å². The van der Waals surface area contributed by atoms with Gasteiger partial charge in [0.1, 0.15) is 5.75 Å². The van der Waals surface area contributed by atoms with Crippen LogP contribution in [0.3, 0.4) is 0 Å². The van der Waals surface area contributed by atoms with Gasteiger partial charge in [0.05, 0.1) is 7.11 Å². The van der Waals surface area contributed by atoms with E-state index in [1.807, 2.05) is 25.1 Å². The van der Waals surface area contributed by atoms with Crippen LogP contribution in [0.2, 0.25) is 0 Å². The summed E-state index contributed by atoms with van der Waals surface area (Å²) in [5.41, 5.74) is 8.78. The molecule has 0 aliphatic rings. The molecule has 17 heavy (non-hydrogen) atoms. The number of hydrogen-bond acceptors (Lipinski definition) is 3. The minimum Gasteiger partial charge on any atom is -0.497 e. The molecule has 0 unspecified atom stereocenters. The lowest BCUT2D eigenvalue weighted by atomic mass is 10.1. The molecule has 1 heterocycles. The smallest absolute Gasteiger partial charge is 0.248 e. The van der Waals surface area contributed by atoms with Crippen molar-refractivity contribution in [1.82, 2.24) is 4.98 Å². The number of ether oxygens (including phenoxy) is 1. The van der Waals surface area contributed by atoms with Crippen LogP contribution in [-0.2, 0) is 0 Å². The Labute approximate surface area is 99.1 Å². The van der Waals surface area contributed by atoms with E-state index in [9.17, 15) is 4.79 Å². The molecule has 1 aromatic carbocycles. The normalized spacial score (nSPS) is 10.2. The van der Waals surface area contributed by atoms with Gasteiger partial charge in [-0.1, -0.05) is 0 Å². The van der Waals surface area contributed by atoms with Crippen LogP contribution in [0.1, 0.15) is 5.69 Å². The van der Waals surface area contributed by atoms with Crippen LogP contribution in [0.5, 0.6) is 5.75 Å². The van der Waals surface area contributed by atoms with Gasteiger partial charge in [0.15, 0.2) is 0 Å². The number of rotatable bonds is 2. The fraction of sp³-hybridized carbons (Fsp3) is 0.154. The fourth-order valence-corrected chi connectivity index (χ4v) is 1.76. The van der Waals surface area contributed by atoms with Crippen molar-refractivity contribution in [3.05, 3.63) is 46.4 Å². The number of benzene rings is 1. The Kier molecular flexibility index (Phi) is 2.87. The molecular formula is C13H14N2O2. The van der Waals surface area contributed by atoms with Crippen LogP contribution >= 0.6 is 0 Å². The van der Waals surface area contributed by atoms with E-state index in [1.165, 1.54) is 0 Å². The van der Waals surface area contributed by atoms with E-state index in [-0.39, 0.29) is 5.56 Å². The predicted molar refractivity (Wildman–Crippen MR) is 68.2 cm³/mol. The molecule has 2 aromatic rings. The van der Waals surface area contributed by atoms with Gasteiger partial charge in [0.25, 0.3) is 0 Å². The van der Waals surface area contributed by atoms with Crippen LogP contribution in [0.25, 0.3) is 11.1 Å². The molecule has 0 radical (unpaired) electrons. The number of aryl methyl sites for hydroxylation is 1. The van der Waals surface area contributed by atoms with Gasteiger partial charge in [-0.25, -0.2) is 0 Å². The molecule has 0 fully saturated rings. The van der Waals surface area contributed by atoms with Crippen molar-refractivity contribution < 1.29 is 4.74 Å². The van der Waals surface area contributed by atoms with Gasteiger partial charge in [-0.05, 0) is 36.2 Å². The average molecular weight is 230 g/mol. The summed E-state index contributed by atoms with van der Waals surface area (Å²) in [6.45, 7) is 1.84. The van der Waals surface area contributed by atoms with Crippen molar-refractivity contribution in [2.24, 2.45) is 0 Å². The molecule has 0 amide bonds. The molecule has 2 rings (SSSR count). The van der Waals surface area contributed by atoms with Gasteiger partial charge in [0, 0.05) is 23.5 Å². The minimum absolute atomic E-state index is 0.124. The number of methoxy groups -OCH3 is 1. The van der Waals surface area contributed by atoms with Crippen molar-refractivity contribution in [3.8, 4) is 16.9 Å². The largest absolute Gasteiger partial charge is 0.497 e. The number of aromatic nitrogens is 1. The zero-order valence-corrected chi connectivity index (χ0v) is 9.78. The highest BCUT2D eigenvalue weighted by Crippen LogP contribution is 2.26.